The smallest absolute Gasteiger partial charge is 0.238 e. The van der Waals surface area contributed by atoms with Crippen LogP contribution in [0.4, 0.5) is 5.95 Å². The Bertz CT molecular complexity index is 638. The summed E-state index contributed by atoms with van der Waals surface area (Å²) in [5.41, 5.74) is 6.82. The molecule has 0 radical (unpaired) electrons. The summed E-state index contributed by atoms with van der Waals surface area (Å²) in [5, 5.41) is 4.73. The quantitative estimate of drug-likeness (QED) is 0.918. The van der Waals surface area contributed by atoms with E-state index in [2.05, 4.69) is 35.8 Å². The predicted octanol–water partition coefficient (Wildman–Crippen LogP) is 2.83. The van der Waals surface area contributed by atoms with E-state index in [1.165, 1.54) is 0 Å². The molecule has 2 heterocycles. The van der Waals surface area contributed by atoms with Gasteiger partial charge in [0.15, 0.2) is 5.15 Å². The minimum absolute atomic E-state index is 0.0559. The average molecular weight is 280 g/mol. The van der Waals surface area contributed by atoms with Gasteiger partial charge in [0, 0.05) is 5.41 Å². The Kier molecular flexibility index (Phi) is 2.55. The molecule has 0 spiro atoms. The van der Waals surface area contributed by atoms with Gasteiger partial charge >= 0.3 is 0 Å². The zero-order valence-corrected chi connectivity index (χ0v) is 12.2. The van der Waals surface area contributed by atoms with E-state index < -0.39 is 0 Å². The van der Waals surface area contributed by atoms with Gasteiger partial charge in [0.1, 0.15) is 11.3 Å². The maximum absolute atomic E-state index is 6.19. The van der Waals surface area contributed by atoms with Gasteiger partial charge in [0.2, 0.25) is 5.95 Å². The fourth-order valence-electron chi connectivity index (χ4n) is 3.55. The van der Waals surface area contributed by atoms with Crippen LogP contribution in [-0.4, -0.2) is 19.6 Å². The van der Waals surface area contributed by atoms with Crippen molar-refractivity contribution in [2.24, 2.45) is 5.41 Å². The molecule has 1 aliphatic carbocycles. The van der Waals surface area contributed by atoms with Crippen molar-refractivity contribution < 1.29 is 0 Å². The molecule has 1 fully saturated rings. The van der Waals surface area contributed by atoms with E-state index in [0.29, 0.717) is 10.6 Å². The largest absolute Gasteiger partial charge is 0.367 e. The van der Waals surface area contributed by atoms with E-state index in [-0.39, 0.29) is 11.4 Å². The van der Waals surface area contributed by atoms with Crippen molar-refractivity contribution in [2.45, 2.75) is 45.4 Å². The van der Waals surface area contributed by atoms with Crippen LogP contribution >= 0.6 is 11.6 Å². The summed E-state index contributed by atoms with van der Waals surface area (Å²) in [6, 6.07) is 0. The molecule has 0 amide bonds. The Balaban J connectivity index is 2.17. The number of rotatable bonds is 2. The van der Waals surface area contributed by atoms with Gasteiger partial charge < -0.3 is 5.73 Å². The molecular formula is C13H18ClN5. The average Bonchev–Trinajstić information content (AvgIpc) is 2.63. The van der Waals surface area contributed by atoms with Crippen molar-refractivity contribution in [3.8, 4) is 0 Å². The third-order valence-corrected chi connectivity index (χ3v) is 4.43. The molecule has 0 atom stereocenters. The lowest BCUT2D eigenvalue weighted by atomic mass is 9.53. The molecule has 0 saturated heterocycles. The number of halogens is 1. The molecular weight excluding hydrogens is 262 g/mol. The number of nitrogens with zero attached hydrogens (tertiary/aromatic N) is 4. The number of nitrogen functional groups attached to an aromatic ring is 1. The predicted molar refractivity (Wildman–Crippen MR) is 75.2 cm³/mol. The van der Waals surface area contributed by atoms with Gasteiger partial charge in [0.05, 0.1) is 6.20 Å². The van der Waals surface area contributed by atoms with Crippen LogP contribution in [-0.2, 0) is 5.41 Å². The minimum Gasteiger partial charge on any atom is -0.367 e. The second-order valence-electron chi connectivity index (χ2n) is 6.29. The van der Waals surface area contributed by atoms with Gasteiger partial charge in [-0.1, -0.05) is 32.4 Å². The van der Waals surface area contributed by atoms with Crippen LogP contribution in [0.3, 0.4) is 0 Å². The zero-order valence-electron chi connectivity index (χ0n) is 11.4. The number of anilines is 1. The minimum atomic E-state index is 0.0559. The molecule has 102 valence electrons. The van der Waals surface area contributed by atoms with Gasteiger partial charge in [-0.2, -0.15) is 0 Å². The highest BCUT2D eigenvalue weighted by Gasteiger charge is 2.51. The fourth-order valence-corrected chi connectivity index (χ4v) is 3.76. The molecule has 3 rings (SSSR count). The topological polar surface area (TPSA) is 69.1 Å². The molecule has 19 heavy (non-hydrogen) atoms. The highest BCUT2D eigenvalue weighted by atomic mass is 35.5. The first-order valence-corrected chi connectivity index (χ1v) is 6.92. The summed E-state index contributed by atoms with van der Waals surface area (Å²) < 4.78 is 1.77. The summed E-state index contributed by atoms with van der Waals surface area (Å²) in [6.07, 6.45) is 4.84. The normalized spacial score (nSPS) is 20.4. The van der Waals surface area contributed by atoms with Crippen molar-refractivity contribution in [1.29, 1.82) is 0 Å². The molecule has 6 heteroatoms. The number of imidazole rings is 1. The molecule has 0 aliphatic heterocycles. The Hall–Kier alpha value is -1.36. The van der Waals surface area contributed by atoms with E-state index in [9.17, 15) is 0 Å². The van der Waals surface area contributed by atoms with Crippen LogP contribution in [0.25, 0.3) is 5.52 Å². The summed E-state index contributed by atoms with van der Waals surface area (Å²) in [7, 11) is 0. The molecule has 0 bridgehead atoms. The van der Waals surface area contributed by atoms with Crippen LogP contribution < -0.4 is 5.73 Å². The number of nitrogens with two attached hydrogens (primary N) is 1. The van der Waals surface area contributed by atoms with Gasteiger partial charge in [-0.25, -0.2) is 14.5 Å². The number of aromatic nitrogens is 4. The lowest BCUT2D eigenvalue weighted by Gasteiger charge is -2.52. The van der Waals surface area contributed by atoms with E-state index in [4.69, 9.17) is 17.3 Å². The van der Waals surface area contributed by atoms with Gasteiger partial charge in [-0.3, -0.25) is 0 Å². The highest BCUT2D eigenvalue weighted by Crippen LogP contribution is 2.56. The number of hydrogen-bond donors (Lipinski definition) is 1. The SMILES string of the molecule is CCC1(c2nc(Cl)c3cnc(N)nn23)CC(C)(C)C1. The second-order valence-corrected chi connectivity index (χ2v) is 6.65. The molecule has 5 nitrogen and oxygen atoms in total. The monoisotopic (exact) mass is 279 g/mol. The zero-order chi connectivity index (χ0) is 13.8. The first-order chi connectivity index (χ1) is 8.87. The first-order valence-electron chi connectivity index (χ1n) is 6.54. The highest BCUT2D eigenvalue weighted by molar-refractivity contribution is 6.32. The van der Waals surface area contributed by atoms with Crippen LogP contribution in [0.2, 0.25) is 5.15 Å². The van der Waals surface area contributed by atoms with Crippen molar-refractivity contribution in [3.05, 3.63) is 17.2 Å². The van der Waals surface area contributed by atoms with E-state index in [1.54, 1.807) is 10.7 Å². The summed E-state index contributed by atoms with van der Waals surface area (Å²) in [5.74, 6) is 1.16. The molecule has 0 aromatic carbocycles. The molecule has 2 aromatic heterocycles. The Labute approximate surface area is 117 Å². The summed E-state index contributed by atoms with van der Waals surface area (Å²) in [4.78, 5) is 8.51. The maximum atomic E-state index is 6.19. The second kappa shape index (κ2) is 3.82. The van der Waals surface area contributed by atoms with E-state index in [1.807, 2.05) is 0 Å². The lowest BCUT2D eigenvalue weighted by molar-refractivity contribution is 0.0452. The Morgan fingerprint density at radius 2 is 2.11 bits per heavy atom. The third-order valence-electron chi connectivity index (χ3n) is 4.15. The fraction of sp³-hybridized carbons (Fsp3) is 0.615. The van der Waals surface area contributed by atoms with Crippen LogP contribution in [0.1, 0.15) is 45.9 Å². The molecule has 2 N–H and O–H groups in total. The molecule has 2 aromatic rings. The molecule has 0 unspecified atom stereocenters. The van der Waals surface area contributed by atoms with Crippen LogP contribution in [0.15, 0.2) is 6.20 Å². The summed E-state index contributed by atoms with van der Waals surface area (Å²) >= 11 is 6.19. The number of fused-ring (bicyclic) bond motifs is 1. The Morgan fingerprint density at radius 1 is 1.42 bits per heavy atom. The molecule has 1 aliphatic rings. The third kappa shape index (κ3) is 1.79. The lowest BCUT2D eigenvalue weighted by Crippen LogP contribution is -2.47. The molecule has 1 saturated carbocycles. The van der Waals surface area contributed by atoms with Gasteiger partial charge in [-0.05, 0) is 24.7 Å². The van der Waals surface area contributed by atoms with Gasteiger partial charge in [0.25, 0.3) is 0 Å². The van der Waals surface area contributed by atoms with Crippen molar-refractivity contribution in [2.75, 3.05) is 5.73 Å². The number of hydrogen-bond acceptors (Lipinski definition) is 4. The van der Waals surface area contributed by atoms with Crippen LogP contribution in [0, 0.1) is 5.41 Å². The van der Waals surface area contributed by atoms with Crippen molar-refractivity contribution in [3.63, 3.8) is 0 Å². The van der Waals surface area contributed by atoms with Gasteiger partial charge in [-0.15, -0.1) is 5.10 Å². The van der Waals surface area contributed by atoms with Crippen LogP contribution in [0.5, 0.6) is 0 Å². The standard InChI is InChI=1S/C13H18ClN5/c1-4-13(6-12(2,3)7-13)10-17-9(14)8-5-16-11(15)18-19(8)10/h5H,4,6-7H2,1-3H3,(H2,15,18). The first kappa shape index (κ1) is 12.7. The summed E-state index contributed by atoms with van der Waals surface area (Å²) in [6.45, 7) is 6.75. The van der Waals surface area contributed by atoms with E-state index >= 15 is 0 Å². The maximum Gasteiger partial charge on any atom is 0.238 e. The Morgan fingerprint density at radius 3 is 2.68 bits per heavy atom. The van der Waals surface area contributed by atoms with E-state index in [0.717, 1.165) is 30.6 Å². The van der Waals surface area contributed by atoms with Crippen molar-refractivity contribution >= 4 is 23.1 Å². The van der Waals surface area contributed by atoms with Crippen molar-refractivity contribution in [1.82, 2.24) is 19.6 Å².